The fourth-order valence-electron chi connectivity index (χ4n) is 2.97. The van der Waals surface area contributed by atoms with Crippen molar-refractivity contribution in [2.45, 2.75) is 70.6 Å². The van der Waals surface area contributed by atoms with Crippen molar-refractivity contribution in [3.63, 3.8) is 0 Å². The van der Waals surface area contributed by atoms with Crippen molar-refractivity contribution in [2.24, 2.45) is 11.7 Å². The van der Waals surface area contributed by atoms with Gasteiger partial charge in [-0.25, -0.2) is 4.79 Å². The quantitative estimate of drug-likeness (QED) is 0.782. The van der Waals surface area contributed by atoms with Crippen LogP contribution in [0.2, 0.25) is 0 Å². The van der Waals surface area contributed by atoms with Crippen molar-refractivity contribution < 1.29 is 9.53 Å². The first-order valence-electron chi connectivity index (χ1n) is 7.14. The highest BCUT2D eigenvalue weighted by molar-refractivity contribution is 5.69. The van der Waals surface area contributed by atoms with Gasteiger partial charge in [-0.2, -0.15) is 0 Å². The predicted octanol–water partition coefficient (Wildman–Crippen LogP) is 2.51. The summed E-state index contributed by atoms with van der Waals surface area (Å²) in [4.78, 5) is 14.2. The third kappa shape index (κ3) is 2.97. The molecule has 1 heterocycles. The number of hydrogen-bond acceptors (Lipinski definition) is 3. The molecular formula is C14H26N2O2. The lowest BCUT2D eigenvalue weighted by Gasteiger charge is -2.47. The Morgan fingerprint density at radius 3 is 2.39 bits per heavy atom. The summed E-state index contributed by atoms with van der Waals surface area (Å²) in [6.07, 6.45) is 5.52. The summed E-state index contributed by atoms with van der Waals surface area (Å²) in [7, 11) is 0. The van der Waals surface area contributed by atoms with Gasteiger partial charge < -0.3 is 15.4 Å². The molecule has 0 spiro atoms. The Hall–Kier alpha value is -0.770. The molecule has 4 heteroatoms. The van der Waals surface area contributed by atoms with E-state index in [4.69, 9.17) is 10.5 Å². The third-order valence-corrected chi connectivity index (χ3v) is 4.00. The van der Waals surface area contributed by atoms with E-state index < -0.39 is 5.60 Å². The second-order valence-electron chi connectivity index (χ2n) is 6.66. The zero-order valence-electron chi connectivity index (χ0n) is 11.8. The summed E-state index contributed by atoms with van der Waals surface area (Å²) in [6, 6.07) is 0.318. The predicted molar refractivity (Wildman–Crippen MR) is 71.3 cm³/mol. The molecule has 2 N–H and O–H groups in total. The van der Waals surface area contributed by atoms with Gasteiger partial charge in [-0.05, 0) is 52.4 Å². The summed E-state index contributed by atoms with van der Waals surface area (Å²) in [5.74, 6) is 0.591. The maximum absolute atomic E-state index is 12.3. The van der Waals surface area contributed by atoms with Gasteiger partial charge in [0.15, 0.2) is 0 Å². The Morgan fingerprint density at radius 2 is 1.89 bits per heavy atom. The number of amides is 1. The smallest absolute Gasteiger partial charge is 0.410 e. The second kappa shape index (κ2) is 5.08. The van der Waals surface area contributed by atoms with Gasteiger partial charge in [-0.15, -0.1) is 0 Å². The van der Waals surface area contributed by atoms with Gasteiger partial charge in [0.05, 0.1) is 6.04 Å². The van der Waals surface area contributed by atoms with Crippen LogP contribution in [0, 0.1) is 5.92 Å². The molecule has 1 aliphatic carbocycles. The van der Waals surface area contributed by atoms with Crippen LogP contribution in [0.4, 0.5) is 4.79 Å². The Bertz CT molecular complexity index is 305. The monoisotopic (exact) mass is 254 g/mol. The van der Waals surface area contributed by atoms with Crippen LogP contribution in [0.1, 0.15) is 52.9 Å². The average Bonchev–Trinajstić information content (AvgIpc) is 2.15. The van der Waals surface area contributed by atoms with Crippen LogP contribution in [-0.2, 0) is 4.74 Å². The van der Waals surface area contributed by atoms with E-state index >= 15 is 0 Å². The molecule has 1 saturated heterocycles. The van der Waals surface area contributed by atoms with Gasteiger partial charge in [-0.3, -0.25) is 0 Å². The summed E-state index contributed by atoms with van der Waals surface area (Å²) in [5.41, 5.74) is 5.80. The fourth-order valence-corrected chi connectivity index (χ4v) is 2.97. The summed E-state index contributed by atoms with van der Waals surface area (Å²) >= 11 is 0. The van der Waals surface area contributed by atoms with Gasteiger partial charge >= 0.3 is 6.09 Å². The van der Waals surface area contributed by atoms with Crippen LogP contribution in [-0.4, -0.2) is 35.2 Å². The lowest BCUT2D eigenvalue weighted by Crippen LogP contribution is -2.59. The molecule has 1 aliphatic heterocycles. The van der Waals surface area contributed by atoms with Crippen molar-refractivity contribution in [2.75, 3.05) is 6.54 Å². The van der Waals surface area contributed by atoms with Crippen LogP contribution in [0.25, 0.3) is 0 Å². The molecule has 18 heavy (non-hydrogen) atoms. The van der Waals surface area contributed by atoms with Gasteiger partial charge in [0.2, 0.25) is 0 Å². The number of carbonyl (C=O) groups is 1. The molecule has 104 valence electrons. The molecule has 2 unspecified atom stereocenters. The summed E-state index contributed by atoms with van der Waals surface area (Å²) in [6.45, 7) is 6.52. The molecule has 0 aromatic carbocycles. The maximum Gasteiger partial charge on any atom is 0.410 e. The van der Waals surface area contributed by atoms with E-state index in [-0.39, 0.29) is 18.2 Å². The van der Waals surface area contributed by atoms with Crippen molar-refractivity contribution in [3.05, 3.63) is 0 Å². The topological polar surface area (TPSA) is 55.6 Å². The minimum absolute atomic E-state index is 0.122. The minimum Gasteiger partial charge on any atom is -0.444 e. The van der Waals surface area contributed by atoms with Crippen LogP contribution >= 0.6 is 0 Å². The Morgan fingerprint density at radius 1 is 1.22 bits per heavy atom. The Labute approximate surface area is 110 Å². The van der Waals surface area contributed by atoms with Crippen molar-refractivity contribution in [1.82, 2.24) is 4.90 Å². The van der Waals surface area contributed by atoms with E-state index in [1.165, 1.54) is 19.3 Å². The molecule has 2 aliphatic rings. The van der Waals surface area contributed by atoms with Crippen molar-refractivity contribution in [3.8, 4) is 0 Å². The molecule has 4 nitrogen and oxygen atoms in total. The van der Waals surface area contributed by atoms with Gasteiger partial charge in [-0.1, -0.05) is 6.42 Å². The van der Waals surface area contributed by atoms with E-state index in [1.54, 1.807) is 0 Å². The third-order valence-electron chi connectivity index (χ3n) is 4.00. The molecule has 1 amide bonds. The number of hydrogen-bond donors (Lipinski definition) is 1. The van der Waals surface area contributed by atoms with Gasteiger partial charge in [0.1, 0.15) is 5.60 Å². The first-order valence-corrected chi connectivity index (χ1v) is 7.14. The molecule has 0 aromatic heterocycles. The van der Waals surface area contributed by atoms with E-state index in [9.17, 15) is 4.79 Å². The highest BCUT2D eigenvalue weighted by Gasteiger charge is 2.41. The van der Waals surface area contributed by atoms with Crippen LogP contribution < -0.4 is 5.73 Å². The fraction of sp³-hybridized carbons (Fsp3) is 0.929. The first kappa shape index (κ1) is 13.7. The number of likely N-dealkylation sites (tertiary alicyclic amines) is 1. The van der Waals surface area contributed by atoms with Gasteiger partial charge in [0, 0.05) is 12.6 Å². The molecule has 2 fully saturated rings. The number of ether oxygens (including phenoxy) is 1. The SMILES string of the molecule is CC(C)(C)OC(=O)N1CCCC(N)C1C1CCC1. The minimum atomic E-state index is -0.428. The van der Waals surface area contributed by atoms with Crippen LogP contribution in [0.5, 0.6) is 0 Å². The number of nitrogens with two attached hydrogens (primary N) is 1. The normalized spacial score (nSPS) is 29.9. The first-order chi connectivity index (χ1) is 8.38. The molecule has 2 rings (SSSR count). The van der Waals surface area contributed by atoms with Crippen LogP contribution in [0.15, 0.2) is 0 Å². The van der Waals surface area contributed by atoms with E-state index in [0.29, 0.717) is 5.92 Å². The second-order valence-corrected chi connectivity index (χ2v) is 6.66. The standard InChI is InChI=1S/C14H26N2O2/c1-14(2,3)18-13(17)16-9-5-8-11(15)12(16)10-6-4-7-10/h10-12H,4-9,15H2,1-3H3. The zero-order valence-corrected chi connectivity index (χ0v) is 11.8. The lowest BCUT2D eigenvalue weighted by atomic mass is 9.74. The Kier molecular flexibility index (Phi) is 3.85. The largest absolute Gasteiger partial charge is 0.444 e. The van der Waals surface area contributed by atoms with E-state index in [2.05, 4.69) is 0 Å². The highest BCUT2D eigenvalue weighted by atomic mass is 16.6. The molecular weight excluding hydrogens is 228 g/mol. The lowest BCUT2D eigenvalue weighted by molar-refractivity contribution is -0.0108. The molecule has 0 bridgehead atoms. The number of carbonyl (C=O) groups excluding carboxylic acids is 1. The van der Waals surface area contributed by atoms with Crippen molar-refractivity contribution >= 4 is 6.09 Å². The molecule has 2 atom stereocenters. The molecule has 0 radical (unpaired) electrons. The maximum atomic E-state index is 12.3. The number of piperidine rings is 1. The summed E-state index contributed by atoms with van der Waals surface area (Å²) < 4.78 is 5.51. The number of rotatable bonds is 1. The van der Waals surface area contributed by atoms with E-state index in [1.807, 2.05) is 25.7 Å². The summed E-state index contributed by atoms with van der Waals surface area (Å²) in [5, 5.41) is 0. The van der Waals surface area contributed by atoms with Crippen LogP contribution in [0.3, 0.4) is 0 Å². The van der Waals surface area contributed by atoms with E-state index in [0.717, 1.165) is 19.4 Å². The highest BCUT2D eigenvalue weighted by Crippen LogP contribution is 2.36. The van der Waals surface area contributed by atoms with Crippen molar-refractivity contribution in [1.29, 1.82) is 0 Å². The zero-order chi connectivity index (χ0) is 13.3. The van der Waals surface area contributed by atoms with Gasteiger partial charge in [0.25, 0.3) is 0 Å². The molecule has 1 saturated carbocycles. The molecule has 0 aromatic rings. The number of nitrogens with zero attached hydrogens (tertiary/aromatic N) is 1. The Balaban J connectivity index is 2.05. The average molecular weight is 254 g/mol.